The Balaban J connectivity index is 1.46. The smallest absolute Gasteiger partial charge is 0.261 e. The number of halogens is 1. The number of sulfonamides is 1. The summed E-state index contributed by atoms with van der Waals surface area (Å²) in [5, 5.41) is 6.41. The van der Waals surface area contributed by atoms with Crippen LogP contribution in [0.3, 0.4) is 0 Å². The molecule has 4 rings (SSSR count). The van der Waals surface area contributed by atoms with Crippen molar-refractivity contribution in [1.29, 1.82) is 0 Å². The molecule has 0 aliphatic heterocycles. The van der Waals surface area contributed by atoms with E-state index in [2.05, 4.69) is 52.9 Å². The number of pyridine rings is 1. The number of rotatable bonds is 7. The van der Waals surface area contributed by atoms with Gasteiger partial charge >= 0.3 is 0 Å². The Morgan fingerprint density at radius 2 is 1.39 bits per heavy atom. The van der Waals surface area contributed by atoms with E-state index in [1.54, 1.807) is 60.8 Å². The summed E-state index contributed by atoms with van der Waals surface area (Å²) in [6.07, 6.45) is 1.74. The topological polar surface area (TPSA) is 109 Å². The van der Waals surface area contributed by atoms with Gasteiger partial charge in [-0.15, -0.1) is 0 Å². The summed E-state index contributed by atoms with van der Waals surface area (Å²) in [6, 6.07) is 19.2. The van der Waals surface area contributed by atoms with Crippen molar-refractivity contribution < 1.29 is 8.42 Å². The van der Waals surface area contributed by atoms with Crippen LogP contribution in [0.2, 0.25) is 0 Å². The van der Waals surface area contributed by atoms with E-state index in [4.69, 9.17) is 0 Å². The van der Waals surface area contributed by atoms with Crippen molar-refractivity contribution in [3.05, 3.63) is 87.9 Å². The predicted molar refractivity (Wildman–Crippen MR) is 139 cm³/mol. The first-order chi connectivity index (χ1) is 15.8. The van der Waals surface area contributed by atoms with Gasteiger partial charge in [0.05, 0.1) is 4.90 Å². The molecule has 0 aliphatic carbocycles. The van der Waals surface area contributed by atoms with Crippen LogP contribution in [0.1, 0.15) is 11.4 Å². The molecule has 168 valence electrons. The Bertz CT molecular complexity index is 1380. The third-order valence-electron chi connectivity index (χ3n) is 4.54. The Morgan fingerprint density at radius 1 is 0.758 bits per heavy atom. The van der Waals surface area contributed by atoms with E-state index in [0.29, 0.717) is 29.0 Å². The molecule has 0 spiro atoms. The van der Waals surface area contributed by atoms with Gasteiger partial charge in [-0.2, -0.15) is 0 Å². The molecule has 3 N–H and O–H groups in total. The van der Waals surface area contributed by atoms with Gasteiger partial charge in [0.15, 0.2) is 0 Å². The summed E-state index contributed by atoms with van der Waals surface area (Å²) >= 11 is 2.13. The standard InChI is InChI=1S/C23H21IN6O2S/c1-15-11-12-25-21(13-15)29-23-14-22(26-16(2)27-23)28-18-5-7-19(8-6-18)30-33(31,32)20-9-3-17(24)4-10-20/h3-14,30H,1-2H3,(H2,25,26,27,28,29). The van der Waals surface area contributed by atoms with Gasteiger partial charge in [-0.1, -0.05) is 0 Å². The van der Waals surface area contributed by atoms with E-state index in [1.165, 1.54) is 0 Å². The van der Waals surface area contributed by atoms with E-state index in [9.17, 15) is 8.42 Å². The van der Waals surface area contributed by atoms with Crippen LogP contribution in [-0.2, 0) is 10.0 Å². The molecule has 10 heteroatoms. The number of benzene rings is 2. The lowest BCUT2D eigenvalue weighted by Gasteiger charge is -2.12. The average Bonchev–Trinajstić information content (AvgIpc) is 2.75. The number of anilines is 5. The van der Waals surface area contributed by atoms with Crippen molar-refractivity contribution in [1.82, 2.24) is 15.0 Å². The Kier molecular flexibility index (Phi) is 6.75. The highest BCUT2D eigenvalue weighted by Crippen LogP contribution is 2.23. The summed E-state index contributed by atoms with van der Waals surface area (Å²) in [6.45, 7) is 3.80. The first-order valence-electron chi connectivity index (χ1n) is 9.98. The molecule has 0 atom stereocenters. The maximum absolute atomic E-state index is 12.6. The highest BCUT2D eigenvalue weighted by atomic mass is 127. The lowest BCUT2D eigenvalue weighted by Crippen LogP contribution is -2.12. The summed E-state index contributed by atoms with van der Waals surface area (Å²) in [5.74, 6) is 2.51. The summed E-state index contributed by atoms with van der Waals surface area (Å²) in [5.41, 5.74) is 2.31. The van der Waals surface area contributed by atoms with Gasteiger partial charge in [-0.3, -0.25) is 4.72 Å². The van der Waals surface area contributed by atoms with E-state index in [-0.39, 0.29) is 4.90 Å². The van der Waals surface area contributed by atoms with Crippen LogP contribution in [0.25, 0.3) is 0 Å². The molecule has 8 nitrogen and oxygen atoms in total. The molecule has 0 amide bonds. The molecule has 0 aliphatic rings. The van der Waals surface area contributed by atoms with Gasteiger partial charge in [0, 0.05) is 27.2 Å². The Labute approximate surface area is 206 Å². The summed E-state index contributed by atoms with van der Waals surface area (Å²) in [7, 11) is -3.65. The van der Waals surface area contributed by atoms with E-state index in [0.717, 1.165) is 14.8 Å². The van der Waals surface area contributed by atoms with Crippen LogP contribution >= 0.6 is 22.6 Å². The number of hydrogen-bond acceptors (Lipinski definition) is 7. The van der Waals surface area contributed by atoms with Gasteiger partial charge in [-0.05, 0) is 103 Å². The SMILES string of the molecule is Cc1ccnc(Nc2cc(Nc3ccc(NS(=O)(=O)c4ccc(I)cc4)cc3)nc(C)n2)c1. The zero-order chi connectivity index (χ0) is 23.4. The van der Waals surface area contributed by atoms with Crippen LogP contribution in [0.4, 0.5) is 28.8 Å². The van der Waals surface area contributed by atoms with Gasteiger partial charge in [0.2, 0.25) is 0 Å². The minimum atomic E-state index is -3.65. The molecular formula is C23H21IN6O2S. The number of aromatic nitrogens is 3. The second-order valence-corrected chi connectivity index (χ2v) is 10.2. The first-order valence-corrected chi connectivity index (χ1v) is 12.5. The van der Waals surface area contributed by atoms with E-state index >= 15 is 0 Å². The zero-order valence-corrected chi connectivity index (χ0v) is 20.8. The summed E-state index contributed by atoms with van der Waals surface area (Å²) in [4.78, 5) is 13.3. The van der Waals surface area contributed by atoms with Crippen molar-refractivity contribution in [2.45, 2.75) is 18.7 Å². The van der Waals surface area contributed by atoms with Crippen LogP contribution < -0.4 is 15.4 Å². The maximum Gasteiger partial charge on any atom is 0.261 e. The van der Waals surface area contributed by atoms with Crippen LogP contribution in [0, 0.1) is 17.4 Å². The average molecular weight is 572 g/mol. The molecule has 0 unspecified atom stereocenters. The molecule has 2 heterocycles. The first kappa shape index (κ1) is 22.9. The fourth-order valence-electron chi connectivity index (χ4n) is 3.03. The highest BCUT2D eigenvalue weighted by Gasteiger charge is 2.14. The molecular weight excluding hydrogens is 551 g/mol. The normalized spacial score (nSPS) is 11.1. The summed E-state index contributed by atoms with van der Waals surface area (Å²) < 4.78 is 28.7. The van der Waals surface area contributed by atoms with Gasteiger partial charge in [-0.25, -0.2) is 23.4 Å². The minimum absolute atomic E-state index is 0.213. The predicted octanol–water partition coefficient (Wildman–Crippen LogP) is 5.38. The van der Waals surface area contributed by atoms with Crippen molar-refractivity contribution >= 4 is 61.4 Å². The van der Waals surface area contributed by atoms with Crippen LogP contribution in [-0.4, -0.2) is 23.4 Å². The third kappa shape index (κ3) is 6.17. The third-order valence-corrected chi connectivity index (χ3v) is 6.66. The van der Waals surface area contributed by atoms with Crippen LogP contribution in [0.5, 0.6) is 0 Å². The number of hydrogen-bond donors (Lipinski definition) is 3. The number of aryl methyl sites for hydroxylation is 2. The molecule has 4 aromatic rings. The number of nitrogens with one attached hydrogen (secondary N) is 3. The lowest BCUT2D eigenvalue weighted by molar-refractivity contribution is 0.601. The lowest BCUT2D eigenvalue weighted by atomic mass is 10.3. The maximum atomic E-state index is 12.6. The van der Waals surface area contributed by atoms with E-state index in [1.807, 2.05) is 26.0 Å². The molecule has 2 aromatic heterocycles. The quantitative estimate of drug-likeness (QED) is 0.255. The van der Waals surface area contributed by atoms with Crippen molar-refractivity contribution in [3.8, 4) is 0 Å². The van der Waals surface area contributed by atoms with Gasteiger partial charge in [0.1, 0.15) is 23.3 Å². The second kappa shape index (κ2) is 9.71. The molecule has 0 fully saturated rings. The fraction of sp³-hybridized carbons (Fsp3) is 0.0870. The fourth-order valence-corrected chi connectivity index (χ4v) is 4.45. The Hall–Kier alpha value is -3.25. The monoisotopic (exact) mass is 572 g/mol. The molecule has 2 aromatic carbocycles. The molecule has 0 saturated heterocycles. The highest BCUT2D eigenvalue weighted by molar-refractivity contribution is 14.1. The van der Waals surface area contributed by atoms with Gasteiger partial charge in [0.25, 0.3) is 10.0 Å². The zero-order valence-electron chi connectivity index (χ0n) is 17.9. The largest absolute Gasteiger partial charge is 0.340 e. The van der Waals surface area contributed by atoms with Crippen molar-refractivity contribution in [2.24, 2.45) is 0 Å². The van der Waals surface area contributed by atoms with Crippen molar-refractivity contribution in [3.63, 3.8) is 0 Å². The number of nitrogens with zero attached hydrogens (tertiary/aromatic N) is 3. The van der Waals surface area contributed by atoms with Crippen molar-refractivity contribution in [2.75, 3.05) is 15.4 Å². The second-order valence-electron chi connectivity index (χ2n) is 7.29. The molecule has 33 heavy (non-hydrogen) atoms. The van der Waals surface area contributed by atoms with Crippen LogP contribution in [0.15, 0.2) is 77.8 Å². The molecule has 0 saturated carbocycles. The minimum Gasteiger partial charge on any atom is -0.340 e. The molecule has 0 bridgehead atoms. The Morgan fingerprint density at radius 3 is 2.06 bits per heavy atom. The molecule has 0 radical (unpaired) electrons. The van der Waals surface area contributed by atoms with E-state index < -0.39 is 10.0 Å². The van der Waals surface area contributed by atoms with Gasteiger partial charge < -0.3 is 10.6 Å².